The van der Waals surface area contributed by atoms with E-state index in [1.165, 1.54) is 30.3 Å². The Morgan fingerprint density at radius 3 is 2.58 bits per heavy atom. The number of nitrogens with one attached hydrogen (secondary N) is 1. The van der Waals surface area contributed by atoms with Gasteiger partial charge in [0, 0.05) is 12.1 Å². The maximum atomic E-state index is 13.8. The Labute approximate surface area is 227 Å². The van der Waals surface area contributed by atoms with Gasteiger partial charge >= 0.3 is 0 Å². The molecule has 206 valence electrons. The van der Waals surface area contributed by atoms with Crippen molar-refractivity contribution in [2.45, 2.75) is 6.92 Å². The number of aromatic nitrogens is 1. The van der Waals surface area contributed by atoms with Crippen molar-refractivity contribution in [3.05, 3.63) is 86.7 Å². The van der Waals surface area contributed by atoms with Crippen LogP contribution in [0.5, 0.6) is 17.4 Å². The highest BCUT2D eigenvalue weighted by atomic mass is 32.2. The minimum Gasteiger partial charge on any atom is -0.490 e. The molecule has 1 aliphatic rings. The number of imide groups is 1. The number of hydrogen-bond donors (Lipinski definition) is 1. The lowest BCUT2D eigenvalue weighted by Crippen LogP contribution is -2.36. The van der Waals surface area contributed by atoms with Crippen LogP contribution in [-0.2, 0) is 9.59 Å². The van der Waals surface area contributed by atoms with E-state index in [4.69, 9.17) is 9.47 Å². The molecule has 1 N–H and O–H groups in total. The van der Waals surface area contributed by atoms with Gasteiger partial charge in [0.2, 0.25) is 11.8 Å². The fourth-order valence-electron chi connectivity index (χ4n) is 3.36. The molecule has 0 bridgehead atoms. The van der Waals surface area contributed by atoms with Crippen LogP contribution in [0.3, 0.4) is 0 Å². The van der Waals surface area contributed by atoms with Crippen LogP contribution < -0.4 is 14.8 Å². The van der Waals surface area contributed by atoms with Crippen LogP contribution in [0.1, 0.15) is 12.5 Å². The van der Waals surface area contributed by atoms with Crippen molar-refractivity contribution in [2.24, 2.45) is 0 Å². The molecule has 1 fully saturated rings. The molecule has 0 saturated carbocycles. The number of nitro groups is 1. The molecule has 3 aromatic rings. The van der Waals surface area contributed by atoms with Gasteiger partial charge < -0.3 is 14.8 Å². The molecule has 0 spiro atoms. The first-order valence-corrected chi connectivity index (χ1v) is 12.1. The molecule has 0 aliphatic carbocycles. The number of thioether (sulfide) groups is 1. The Morgan fingerprint density at radius 1 is 1.12 bits per heavy atom. The highest BCUT2D eigenvalue weighted by Gasteiger charge is 2.36. The van der Waals surface area contributed by atoms with Crippen LogP contribution in [0.4, 0.5) is 29.3 Å². The minimum absolute atomic E-state index is 0.0232. The van der Waals surface area contributed by atoms with Gasteiger partial charge in [0.05, 0.1) is 22.1 Å². The number of benzene rings is 2. The van der Waals surface area contributed by atoms with Gasteiger partial charge in [-0.3, -0.25) is 29.4 Å². The summed E-state index contributed by atoms with van der Waals surface area (Å²) in [5, 5.41) is 12.0. The fourth-order valence-corrected chi connectivity index (χ4v) is 4.20. The van der Waals surface area contributed by atoms with Gasteiger partial charge in [0.1, 0.15) is 12.7 Å². The van der Waals surface area contributed by atoms with Crippen LogP contribution in [-0.4, -0.2) is 45.0 Å². The van der Waals surface area contributed by atoms with Gasteiger partial charge in [0.15, 0.2) is 29.0 Å². The van der Waals surface area contributed by atoms with Crippen LogP contribution in [0.2, 0.25) is 0 Å². The highest BCUT2D eigenvalue weighted by molar-refractivity contribution is 8.18. The topological polar surface area (TPSA) is 141 Å². The third-order valence-electron chi connectivity index (χ3n) is 5.20. The predicted octanol–water partition coefficient (Wildman–Crippen LogP) is 5.27. The summed E-state index contributed by atoms with van der Waals surface area (Å²) >= 11 is 0.560. The first-order valence-electron chi connectivity index (χ1n) is 11.3. The summed E-state index contributed by atoms with van der Waals surface area (Å²) in [7, 11) is 0. The number of hydrogen-bond acceptors (Lipinski definition) is 9. The Morgan fingerprint density at radius 2 is 1.90 bits per heavy atom. The molecule has 0 unspecified atom stereocenters. The molecular weight excluding hydrogens is 557 g/mol. The fraction of sp³-hybridized carbons (Fsp3) is 0.120. The maximum Gasteiger partial charge on any atom is 0.294 e. The zero-order chi connectivity index (χ0) is 29.0. The van der Waals surface area contributed by atoms with Crippen molar-refractivity contribution in [1.29, 1.82) is 0 Å². The largest absolute Gasteiger partial charge is 0.490 e. The van der Waals surface area contributed by atoms with Crippen molar-refractivity contribution < 1.29 is 42.0 Å². The zero-order valence-corrected chi connectivity index (χ0v) is 21.2. The molecule has 3 amide bonds. The van der Waals surface area contributed by atoms with Gasteiger partial charge in [-0.25, -0.2) is 18.2 Å². The third-order valence-corrected chi connectivity index (χ3v) is 6.10. The van der Waals surface area contributed by atoms with Crippen LogP contribution in [0.25, 0.3) is 6.08 Å². The molecule has 40 heavy (non-hydrogen) atoms. The number of nitrogens with zero attached hydrogens (tertiary/aromatic N) is 3. The average molecular weight is 574 g/mol. The lowest BCUT2D eigenvalue weighted by atomic mass is 10.2. The molecule has 2 aromatic carbocycles. The normalized spacial score (nSPS) is 14.0. The Kier molecular flexibility index (Phi) is 8.33. The third kappa shape index (κ3) is 6.20. The minimum atomic E-state index is -1.78. The summed E-state index contributed by atoms with van der Waals surface area (Å²) in [6.07, 6.45) is 2.42. The molecule has 2 heterocycles. The van der Waals surface area contributed by atoms with Crippen molar-refractivity contribution in [1.82, 2.24) is 9.88 Å². The van der Waals surface area contributed by atoms with E-state index >= 15 is 0 Å². The van der Waals surface area contributed by atoms with Gasteiger partial charge in [-0.2, -0.15) is 0 Å². The second-order valence-corrected chi connectivity index (χ2v) is 8.89. The van der Waals surface area contributed by atoms with Crippen molar-refractivity contribution in [3.63, 3.8) is 0 Å². The van der Waals surface area contributed by atoms with Gasteiger partial charge in [-0.05, 0) is 54.6 Å². The number of carbonyl (C=O) groups is 3. The number of carbonyl (C=O) groups excluding carboxylic acids is 3. The molecule has 15 heteroatoms. The molecule has 1 aliphatic heterocycles. The smallest absolute Gasteiger partial charge is 0.294 e. The molecule has 0 radical (unpaired) electrons. The summed E-state index contributed by atoms with van der Waals surface area (Å²) in [6, 6.07) is 8.55. The van der Waals surface area contributed by atoms with Crippen LogP contribution in [0.15, 0.2) is 53.6 Å². The summed E-state index contributed by atoms with van der Waals surface area (Å²) < 4.78 is 51.6. The lowest BCUT2D eigenvalue weighted by Gasteiger charge is -2.13. The second-order valence-electron chi connectivity index (χ2n) is 7.89. The molecule has 1 aromatic heterocycles. The number of pyridine rings is 1. The molecule has 0 atom stereocenters. The SMILES string of the molecule is CCOc1cc(/C=C2\SC(=O)N(CC(=O)Nc3ccc(F)c(F)c3F)C2=O)ccc1Oc1ccc([N+](=O)[O-])cn1. The second kappa shape index (κ2) is 11.9. The average Bonchev–Trinajstić information content (AvgIpc) is 3.18. The van der Waals surface area contributed by atoms with Crippen molar-refractivity contribution >= 4 is 46.3 Å². The van der Waals surface area contributed by atoms with E-state index < -0.39 is 51.7 Å². The monoisotopic (exact) mass is 574 g/mol. The van der Waals surface area contributed by atoms with E-state index in [0.717, 1.165) is 12.3 Å². The summed E-state index contributed by atoms with van der Waals surface area (Å²) in [4.78, 5) is 52.2. The predicted molar refractivity (Wildman–Crippen MR) is 136 cm³/mol. The van der Waals surface area contributed by atoms with E-state index in [1.807, 2.05) is 5.32 Å². The van der Waals surface area contributed by atoms with Crippen LogP contribution >= 0.6 is 11.8 Å². The zero-order valence-electron chi connectivity index (χ0n) is 20.4. The first-order chi connectivity index (χ1) is 19.1. The number of ether oxygens (including phenoxy) is 2. The van der Waals surface area contributed by atoms with Crippen molar-refractivity contribution in [3.8, 4) is 17.4 Å². The van der Waals surface area contributed by atoms with E-state index in [9.17, 15) is 37.7 Å². The first kappa shape index (κ1) is 28.1. The van der Waals surface area contributed by atoms with Gasteiger partial charge in [-0.1, -0.05) is 6.07 Å². The lowest BCUT2D eigenvalue weighted by molar-refractivity contribution is -0.385. The van der Waals surface area contributed by atoms with E-state index in [0.29, 0.717) is 28.3 Å². The highest BCUT2D eigenvalue weighted by Crippen LogP contribution is 2.36. The molecule has 4 rings (SSSR count). The maximum absolute atomic E-state index is 13.8. The van der Waals surface area contributed by atoms with E-state index in [1.54, 1.807) is 13.0 Å². The number of amides is 3. The quantitative estimate of drug-likeness (QED) is 0.157. The standard InChI is InChI=1S/C25H17F3N4O7S/c1-2-38-18-9-13(3-7-17(18)39-21-8-4-14(11-29-21)32(36)37)10-19-24(34)31(25(35)40-19)12-20(33)30-16-6-5-15(26)22(27)23(16)28/h3-11H,2,12H2,1H3,(H,30,33)/b19-10-. The van der Waals surface area contributed by atoms with Gasteiger partial charge in [0.25, 0.3) is 16.8 Å². The molecule has 1 saturated heterocycles. The summed E-state index contributed by atoms with van der Waals surface area (Å²) in [5.74, 6) is -6.09. The Balaban J connectivity index is 1.48. The van der Waals surface area contributed by atoms with Crippen LogP contribution in [0, 0.1) is 27.6 Å². The molecular formula is C25H17F3N4O7S. The number of halogens is 3. The van der Waals surface area contributed by atoms with Crippen molar-refractivity contribution in [2.75, 3.05) is 18.5 Å². The van der Waals surface area contributed by atoms with Gasteiger partial charge in [-0.15, -0.1) is 0 Å². The summed E-state index contributed by atoms with van der Waals surface area (Å²) in [6.45, 7) is 1.18. The molecule has 11 nitrogen and oxygen atoms in total. The van der Waals surface area contributed by atoms with E-state index in [-0.39, 0.29) is 34.6 Å². The Bertz CT molecular complexity index is 1550. The summed E-state index contributed by atoms with van der Waals surface area (Å²) in [5.41, 5.74) is -0.428. The Hall–Kier alpha value is -4.92. The number of anilines is 1. The van der Waals surface area contributed by atoms with E-state index in [2.05, 4.69) is 4.98 Å². The number of rotatable bonds is 9.